The molecule has 1 amide bonds. The average molecular weight is 205 g/mol. The van der Waals surface area contributed by atoms with Crippen molar-refractivity contribution in [2.75, 3.05) is 39.5 Å². The molecule has 0 aliphatic rings. The van der Waals surface area contributed by atoms with E-state index in [4.69, 9.17) is 9.84 Å². The van der Waals surface area contributed by atoms with Crippen molar-refractivity contribution in [3.63, 3.8) is 0 Å². The van der Waals surface area contributed by atoms with Gasteiger partial charge in [-0.05, 0) is 6.92 Å². The number of rotatable bonds is 9. The summed E-state index contributed by atoms with van der Waals surface area (Å²) in [6, 6.07) is 0. The smallest absolute Gasteiger partial charge is 0.404 e. The predicted molar refractivity (Wildman–Crippen MR) is 53.4 cm³/mol. The second-order valence-electron chi connectivity index (χ2n) is 2.62. The molecule has 0 fully saturated rings. The first-order valence-corrected chi connectivity index (χ1v) is 4.73. The van der Waals surface area contributed by atoms with Crippen LogP contribution in [-0.2, 0) is 4.74 Å². The van der Waals surface area contributed by atoms with Gasteiger partial charge in [-0.2, -0.15) is 0 Å². The van der Waals surface area contributed by atoms with Crippen LogP contribution in [0.15, 0.2) is 0 Å². The van der Waals surface area contributed by atoms with Gasteiger partial charge in [-0.25, -0.2) is 4.79 Å². The first-order valence-electron chi connectivity index (χ1n) is 4.73. The zero-order chi connectivity index (χ0) is 10.6. The van der Waals surface area contributed by atoms with E-state index in [0.717, 1.165) is 13.1 Å². The summed E-state index contributed by atoms with van der Waals surface area (Å²) in [5.74, 6) is 0. The van der Waals surface area contributed by atoms with Gasteiger partial charge in [-0.3, -0.25) is 5.32 Å². The molecule has 14 heavy (non-hydrogen) atoms. The highest BCUT2D eigenvalue weighted by molar-refractivity contribution is 5.64. The molecule has 6 nitrogen and oxygen atoms in total. The Balaban J connectivity index is 2.88. The molecule has 84 valence electrons. The molecule has 0 bridgehead atoms. The van der Waals surface area contributed by atoms with Gasteiger partial charge in [0, 0.05) is 32.8 Å². The fraction of sp³-hybridized carbons (Fsp3) is 0.875. The summed E-state index contributed by atoms with van der Waals surface area (Å²) in [4.78, 5) is 10.0. The number of hydrogen-bond acceptors (Lipinski definition) is 4. The Morgan fingerprint density at radius 2 is 1.86 bits per heavy atom. The van der Waals surface area contributed by atoms with Crippen LogP contribution in [0.5, 0.6) is 0 Å². The molecule has 0 aromatic heterocycles. The van der Waals surface area contributed by atoms with E-state index in [-0.39, 0.29) is 0 Å². The van der Waals surface area contributed by atoms with E-state index in [1.54, 1.807) is 0 Å². The van der Waals surface area contributed by atoms with E-state index in [2.05, 4.69) is 16.0 Å². The van der Waals surface area contributed by atoms with Gasteiger partial charge in [-0.15, -0.1) is 0 Å². The highest BCUT2D eigenvalue weighted by Gasteiger charge is 1.91. The SMILES string of the molecule is CCOCNCCNCCNC(=O)O. The van der Waals surface area contributed by atoms with Crippen molar-refractivity contribution in [1.82, 2.24) is 16.0 Å². The van der Waals surface area contributed by atoms with E-state index in [0.29, 0.717) is 26.4 Å². The van der Waals surface area contributed by atoms with Crippen LogP contribution in [-0.4, -0.2) is 50.7 Å². The molecule has 0 heterocycles. The van der Waals surface area contributed by atoms with Crippen molar-refractivity contribution < 1.29 is 14.6 Å². The maximum Gasteiger partial charge on any atom is 0.404 e. The van der Waals surface area contributed by atoms with E-state index < -0.39 is 6.09 Å². The van der Waals surface area contributed by atoms with Crippen LogP contribution in [0.25, 0.3) is 0 Å². The topological polar surface area (TPSA) is 82.6 Å². The molecule has 0 aliphatic heterocycles. The Hall–Kier alpha value is -0.850. The summed E-state index contributed by atoms with van der Waals surface area (Å²) in [7, 11) is 0. The van der Waals surface area contributed by atoms with Gasteiger partial charge in [0.25, 0.3) is 0 Å². The Morgan fingerprint density at radius 1 is 1.21 bits per heavy atom. The number of nitrogens with one attached hydrogen (secondary N) is 3. The fourth-order valence-electron chi connectivity index (χ4n) is 0.806. The Morgan fingerprint density at radius 3 is 2.50 bits per heavy atom. The highest BCUT2D eigenvalue weighted by Crippen LogP contribution is 1.67. The summed E-state index contributed by atoms with van der Waals surface area (Å²) < 4.78 is 5.06. The Bertz CT molecular complexity index is 144. The number of ether oxygens (including phenoxy) is 1. The highest BCUT2D eigenvalue weighted by atomic mass is 16.5. The monoisotopic (exact) mass is 205 g/mol. The van der Waals surface area contributed by atoms with Crippen molar-refractivity contribution in [3.05, 3.63) is 0 Å². The molecule has 0 saturated heterocycles. The minimum Gasteiger partial charge on any atom is -0.465 e. The maximum absolute atomic E-state index is 10.0. The number of amides is 1. The van der Waals surface area contributed by atoms with E-state index in [9.17, 15) is 4.79 Å². The molecule has 6 heteroatoms. The maximum atomic E-state index is 10.0. The molecular formula is C8H19N3O3. The fourth-order valence-corrected chi connectivity index (χ4v) is 0.806. The average Bonchev–Trinajstić information content (AvgIpc) is 2.15. The van der Waals surface area contributed by atoms with Crippen LogP contribution in [0, 0.1) is 0 Å². The standard InChI is InChI=1S/C8H19N3O3/c1-2-14-7-10-4-3-9-5-6-11-8(12)13/h9-11H,2-7H2,1H3,(H,12,13). The summed E-state index contributed by atoms with van der Waals surface area (Å²) in [6.45, 7) is 5.90. The van der Waals surface area contributed by atoms with Gasteiger partial charge >= 0.3 is 6.09 Å². The molecule has 0 aromatic carbocycles. The van der Waals surface area contributed by atoms with Crippen LogP contribution in [0.3, 0.4) is 0 Å². The summed E-state index contributed by atoms with van der Waals surface area (Å²) in [6.07, 6.45) is -0.985. The Labute approximate surface area is 84.0 Å². The lowest BCUT2D eigenvalue weighted by Gasteiger charge is -2.06. The molecule has 4 N–H and O–H groups in total. The third-order valence-corrected chi connectivity index (χ3v) is 1.46. The Kier molecular flexibility index (Phi) is 9.61. The molecule has 0 aliphatic carbocycles. The van der Waals surface area contributed by atoms with Crippen molar-refractivity contribution in [3.8, 4) is 0 Å². The van der Waals surface area contributed by atoms with Crippen molar-refractivity contribution in [2.24, 2.45) is 0 Å². The van der Waals surface area contributed by atoms with E-state index in [1.165, 1.54) is 0 Å². The molecule has 0 spiro atoms. The molecule has 0 radical (unpaired) electrons. The van der Waals surface area contributed by atoms with Crippen LogP contribution in [0.1, 0.15) is 6.92 Å². The minimum atomic E-state index is -0.985. The summed E-state index contributed by atoms with van der Waals surface area (Å²) in [5.41, 5.74) is 0. The minimum absolute atomic E-state index is 0.431. The lowest BCUT2D eigenvalue weighted by Crippen LogP contribution is -2.34. The molecular weight excluding hydrogens is 186 g/mol. The first-order chi connectivity index (χ1) is 6.77. The lowest BCUT2D eigenvalue weighted by atomic mass is 10.5. The third kappa shape index (κ3) is 11.2. The van der Waals surface area contributed by atoms with Crippen LogP contribution < -0.4 is 16.0 Å². The zero-order valence-corrected chi connectivity index (χ0v) is 8.51. The van der Waals surface area contributed by atoms with Crippen molar-refractivity contribution in [1.29, 1.82) is 0 Å². The van der Waals surface area contributed by atoms with Gasteiger partial charge < -0.3 is 20.5 Å². The molecule has 0 atom stereocenters. The zero-order valence-electron chi connectivity index (χ0n) is 8.51. The molecule has 0 unspecified atom stereocenters. The summed E-state index contributed by atoms with van der Waals surface area (Å²) >= 11 is 0. The normalized spacial score (nSPS) is 10.1. The largest absolute Gasteiger partial charge is 0.465 e. The van der Waals surface area contributed by atoms with Gasteiger partial charge in [0.2, 0.25) is 0 Å². The van der Waals surface area contributed by atoms with E-state index >= 15 is 0 Å². The quantitative estimate of drug-likeness (QED) is 0.299. The van der Waals surface area contributed by atoms with Crippen molar-refractivity contribution >= 4 is 6.09 Å². The first kappa shape index (κ1) is 13.2. The molecule has 0 rings (SSSR count). The van der Waals surface area contributed by atoms with Crippen LogP contribution in [0.4, 0.5) is 4.79 Å². The number of hydrogen-bond donors (Lipinski definition) is 4. The van der Waals surface area contributed by atoms with Gasteiger partial charge in [-0.1, -0.05) is 0 Å². The summed E-state index contributed by atoms with van der Waals surface area (Å²) in [5, 5.41) is 16.6. The second kappa shape index (κ2) is 10.2. The van der Waals surface area contributed by atoms with Gasteiger partial charge in [0.05, 0.1) is 6.73 Å². The predicted octanol–water partition coefficient (Wildman–Crippen LogP) is -0.573. The van der Waals surface area contributed by atoms with Crippen LogP contribution >= 0.6 is 0 Å². The van der Waals surface area contributed by atoms with Crippen LogP contribution in [0.2, 0.25) is 0 Å². The van der Waals surface area contributed by atoms with Gasteiger partial charge in [0.15, 0.2) is 0 Å². The van der Waals surface area contributed by atoms with Gasteiger partial charge in [0.1, 0.15) is 0 Å². The van der Waals surface area contributed by atoms with E-state index in [1.807, 2.05) is 6.92 Å². The van der Waals surface area contributed by atoms with Crippen molar-refractivity contribution in [2.45, 2.75) is 6.92 Å². The number of carboxylic acid groups (broad SMARTS) is 1. The molecule has 0 saturated carbocycles. The third-order valence-electron chi connectivity index (χ3n) is 1.46. The second-order valence-corrected chi connectivity index (χ2v) is 2.62. The number of carbonyl (C=O) groups is 1. The lowest BCUT2D eigenvalue weighted by molar-refractivity contribution is 0.129. The molecule has 0 aromatic rings.